The Hall–Kier alpha value is -3.09. The van der Waals surface area contributed by atoms with E-state index >= 15 is 0 Å². The lowest BCUT2D eigenvalue weighted by atomic mass is 10.1. The smallest absolute Gasteiger partial charge is 0.337 e. The van der Waals surface area contributed by atoms with Crippen LogP contribution < -0.4 is 0 Å². The Morgan fingerprint density at radius 3 is 2.65 bits per heavy atom. The molecule has 0 N–H and O–H groups in total. The van der Waals surface area contributed by atoms with Crippen molar-refractivity contribution in [2.24, 2.45) is 5.92 Å². The van der Waals surface area contributed by atoms with Crippen LogP contribution in [0.25, 0.3) is 0 Å². The molecule has 26 heavy (non-hydrogen) atoms. The van der Waals surface area contributed by atoms with Crippen molar-refractivity contribution in [3.8, 4) is 0 Å². The molecule has 136 valence electrons. The SMILES string of the molecule is COC(=O)c1ccc(COC(=O)[C@H]2CC(=O)N(Cc3ccco3)C2)cc1. The van der Waals surface area contributed by atoms with E-state index in [4.69, 9.17) is 9.15 Å². The van der Waals surface area contributed by atoms with E-state index in [0.717, 1.165) is 5.56 Å². The van der Waals surface area contributed by atoms with Gasteiger partial charge < -0.3 is 18.8 Å². The minimum Gasteiger partial charge on any atom is -0.467 e. The maximum absolute atomic E-state index is 12.2. The Bertz CT molecular complexity index is 781. The second-order valence-electron chi connectivity index (χ2n) is 6.05. The van der Waals surface area contributed by atoms with Crippen LogP contribution in [0.2, 0.25) is 0 Å². The zero-order chi connectivity index (χ0) is 18.5. The highest BCUT2D eigenvalue weighted by Gasteiger charge is 2.35. The molecule has 0 aliphatic carbocycles. The normalized spacial score (nSPS) is 16.6. The highest BCUT2D eigenvalue weighted by molar-refractivity contribution is 5.89. The molecule has 0 radical (unpaired) electrons. The number of benzene rings is 1. The third-order valence-corrected chi connectivity index (χ3v) is 4.23. The van der Waals surface area contributed by atoms with Crippen molar-refractivity contribution in [2.75, 3.05) is 13.7 Å². The van der Waals surface area contributed by atoms with Crippen LogP contribution in [0, 0.1) is 5.92 Å². The summed E-state index contributed by atoms with van der Waals surface area (Å²) in [4.78, 5) is 37.3. The minimum absolute atomic E-state index is 0.0865. The quantitative estimate of drug-likeness (QED) is 0.737. The standard InChI is InChI=1S/C19H19NO6/c1-24-18(22)14-6-4-13(5-7-14)12-26-19(23)15-9-17(21)20(10-15)11-16-3-2-8-25-16/h2-8,15H,9-12H2,1H3/t15-/m0/s1. The van der Waals surface area contributed by atoms with Gasteiger partial charge in [-0.15, -0.1) is 0 Å². The van der Waals surface area contributed by atoms with Crippen LogP contribution in [0.1, 0.15) is 28.1 Å². The Morgan fingerprint density at radius 2 is 2.00 bits per heavy atom. The number of ether oxygens (including phenoxy) is 2. The van der Waals surface area contributed by atoms with Gasteiger partial charge in [-0.1, -0.05) is 12.1 Å². The molecule has 0 bridgehead atoms. The topological polar surface area (TPSA) is 86.0 Å². The van der Waals surface area contributed by atoms with Gasteiger partial charge in [0.15, 0.2) is 0 Å². The molecule has 1 aliphatic rings. The highest BCUT2D eigenvalue weighted by atomic mass is 16.5. The number of likely N-dealkylation sites (tertiary alicyclic amines) is 1. The Labute approximate surface area is 150 Å². The van der Waals surface area contributed by atoms with Crippen LogP contribution in [0.5, 0.6) is 0 Å². The van der Waals surface area contributed by atoms with Crippen molar-refractivity contribution in [3.63, 3.8) is 0 Å². The molecule has 1 aromatic carbocycles. The van der Waals surface area contributed by atoms with Crippen LogP contribution >= 0.6 is 0 Å². The summed E-state index contributed by atoms with van der Waals surface area (Å²) in [6.07, 6.45) is 1.69. The van der Waals surface area contributed by atoms with E-state index in [9.17, 15) is 14.4 Å². The number of furan rings is 1. The van der Waals surface area contributed by atoms with E-state index in [-0.39, 0.29) is 18.9 Å². The van der Waals surface area contributed by atoms with E-state index in [1.807, 2.05) is 0 Å². The molecule has 1 atom stereocenters. The number of hydrogen-bond donors (Lipinski definition) is 0. The molecular weight excluding hydrogens is 338 g/mol. The molecule has 2 heterocycles. The van der Waals surface area contributed by atoms with Crippen molar-refractivity contribution < 1.29 is 28.3 Å². The summed E-state index contributed by atoms with van der Waals surface area (Å²) in [6, 6.07) is 10.2. The van der Waals surface area contributed by atoms with Crippen LogP contribution in [0.4, 0.5) is 0 Å². The van der Waals surface area contributed by atoms with Crippen LogP contribution in [-0.2, 0) is 32.2 Å². The summed E-state index contributed by atoms with van der Waals surface area (Å²) in [5.41, 5.74) is 1.18. The summed E-state index contributed by atoms with van der Waals surface area (Å²) in [5, 5.41) is 0. The molecule has 0 unspecified atom stereocenters. The second kappa shape index (κ2) is 7.86. The second-order valence-corrected chi connectivity index (χ2v) is 6.05. The first-order chi connectivity index (χ1) is 12.6. The monoisotopic (exact) mass is 357 g/mol. The van der Waals surface area contributed by atoms with Gasteiger partial charge in [-0.2, -0.15) is 0 Å². The van der Waals surface area contributed by atoms with E-state index in [0.29, 0.717) is 24.4 Å². The van der Waals surface area contributed by atoms with E-state index in [2.05, 4.69) is 4.74 Å². The number of rotatable bonds is 6. The van der Waals surface area contributed by atoms with Gasteiger partial charge in [0.1, 0.15) is 12.4 Å². The maximum atomic E-state index is 12.2. The molecule has 3 rings (SSSR count). The number of methoxy groups -OCH3 is 1. The summed E-state index contributed by atoms with van der Waals surface area (Å²) in [5.74, 6) is -0.720. The van der Waals surface area contributed by atoms with Crippen molar-refractivity contribution in [3.05, 3.63) is 59.5 Å². The Morgan fingerprint density at radius 1 is 1.23 bits per heavy atom. The molecular formula is C19H19NO6. The summed E-state index contributed by atoms with van der Waals surface area (Å²) in [7, 11) is 1.32. The fourth-order valence-electron chi connectivity index (χ4n) is 2.80. The largest absolute Gasteiger partial charge is 0.467 e. The first-order valence-electron chi connectivity index (χ1n) is 8.21. The van der Waals surface area contributed by atoms with Crippen LogP contribution in [-0.4, -0.2) is 36.4 Å². The highest BCUT2D eigenvalue weighted by Crippen LogP contribution is 2.22. The first kappa shape index (κ1) is 17.7. The number of hydrogen-bond acceptors (Lipinski definition) is 6. The number of nitrogens with zero attached hydrogens (tertiary/aromatic N) is 1. The first-order valence-corrected chi connectivity index (χ1v) is 8.21. The lowest BCUT2D eigenvalue weighted by Crippen LogP contribution is -2.26. The Kier molecular flexibility index (Phi) is 5.36. The van der Waals surface area contributed by atoms with Gasteiger partial charge in [0.2, 0.25) is 5.91 Å². The summed E-state index contributed by atoms with van der Waals surface area (Å²) in [6.45, 7) is 0.757. The molecule has 1 fully saturated rings. The van der Waals surface area contributed by atoms with E-state index in [1.165, 1.54) is 7.11 Å². The molecule has 1 amide bonds. The molecule has 1 saturated heterocycles. The fourth-order valence-corrected chi connectivity index (χ4v) is 2.80. The molecule has 7 heteroatoms. The lowest BCUT2D eigenvalue weighted by Gasteiger charge is -2.14. The average Bonchev–Trinajstić information content (AvgIpc) is 3.30. The predicted octanol–water partition coefficient (Wildman–Crippen LogP) is 2.16. The van der Waals surface area contributed by atoms with Crippen molar-refractivity contribution in [1.29, 1.82) is 0 Å². The summed E-state index contributed by atoms with van der Waals surface area (Å²) >= 11 is 0. The van der Waals surface area contributed by atoms with Gasteiger partial charge >= 0.3 is 11.9 Å². The fraction of sp³-hybridized carbons (Fsp3) is 0.316. The van der Waals surface area contributed by atoms with Gasteiger partial charge in [-0.25, -0.2) is 4.79 Å². The van der Waals surface area contributed by atoms with Gasteiger partial charge in [-0.05, 0) is 29.8 Å². The van der Waals surface area contributed by atoms with Crippen molar-refractivity contribution >= 4 is 17.8 Å². The van der Waals surface area contributed by atoms with Crippen LogP contribution in [0.15, 0.2) is 47.1 Å². The minimum atomic E-state index is -0.480. The number of esters is 2. The van der Waals surface area contributed by atoms with Crippen LogP contribution in [0.3, 0.4) is 0 Å². The third kappa shape index (κ3) is 4.11. The van der Waals surface area contributed by atoms with E-state index in [1.54, 1.807) is 47.6 Å². The molecule has 7 nitrogen and oxygen atoms in total. The molecule has 1 aliphatic heterocycles. The van der Waals surface area contributed by atoms with Gasteiger partial charge in [-0.3, -0.25) is 9.59 Å². The summed E-state index contributed by atoms with van der Waals surface area (Å²) < 4.78 is 15.2. The molecule has 0 spiro atoms. The number of carbonyl (C=O) groups excluding carboxylic acids is 3. The van der Waals surface area contributed by atoms with Crippen molar-refractivity contribution in [2.45, 2.75) is 19.6 Å². The third-order valence-electron chi connectivity index (χ3n) is 4.23. The Balaban J connectivity index is 1.50. The maximum Gasteiger partial charge on any atom is 0.337 e. The van der Waals surface area contributed by atoms with Gasteiger partial charge in [0.25, 0.3) is 0 Å². The number of amides is 1. The molecule has 0 saturated carbocycles. The lowest BCUT2D eigenvalue weighted by molar-refractivity contribution is -0.149. The number of carbonyl (C=O) groups is 3. The van der Waals surface area contributed by atoms with Crippen molar-refractivity contribution in [1.82, 2.24) is 4.90 Å². The zero-order valence-corrected chi connectivity index (χ0v) is 14.3. The van der Waals surface area contributed by atoms with E-state index < -0.39 is 17.9 Å². The van der Waals surface area contributed by atoms with Gasteiger partial charge in [0.05, 0.1) is 31.4 Å². The molecule has 2 aromatic rings. The van der Waals surface area contributed by atoms with Gasteiger partial charge in [0, 0.05) is 13.0 Å². The molecule has 1 aromatic heterocycles. The average molecular weight is 357 g/mol. The zero-order valence-electron chi connectivity index (χ0n) is 14.3. The predicted molar refractivity (Wildman–Crippen MR) is 89.8 cm³/mol.